The molecule has 0 spiro atoms. The van der Waals surface area contributed by atoms with E-state index >= 15 is 0 Å². The lowest BCUT2D eigenvalue weighted by atomic mass is 9.75. The average Bonchev–Trinajstić information content (AvgIpc) is 2.65. The van der Waals surface area contributed by atoms with E-state index < -0.39 is 23.7 Å². The van der Waals surface area contributed by atoms with Crippen molar-refractivity contribution in [2.24, 2.45) is 17.6 Å². The molecule has 0 heterocycles. The summed E-state index contributed by atoms with van der Waals surface area (Å²) in [5, 5.41) is 26.7. The molecule has 0 aromatic heterocycles. The molecule has 7 heteroatoms. The number of carbonyl (C=O) groups is 2. The minimum absolute atomic E-state index is 0.0661. The van der Waals surface area contributed by atoms with Gasteiger partial charge in [-0.1, -0.05) is 43.2 Å². The van der Waals surface area contributed by atoms with Crippen LogP contribution in [0.25, 0.3) is 0 Å². The van der Waals surface area contributed by atoms with Gasteiger partial charge in [0.25, 0.3) is 0 Å². The quantitative estimate of drug-likeness (QED) is 0.305. The fourth-order valence-electron chi connectivity index (χ4n) is 3.34. The molecule has 0 aliphatic heterocycles. The predicted molar refractivity (Wildman–Crippen MR) is 92.1 cm³/mol. The van der Waals surface area contributed by atoms with E-state index in [9.17, 15) is 14.7 Å². The number of hydrogen-bond acceptors (Lipinski definition) is 5. The number of amides is 1. The molecule has 1 fully saturated rings. The van der Waals surface area contributed by atoms with E-state index in [4.69, 9.17) is 16.4 Å². The highest BCUT2D eigenvalue weighted by atomic mass is 16.5. The summed E-state index contributed by atoms with van der Waals surface area (Å²) in [6.07, 6.45) is 2.53. The molecule has 1 amide bonds. The van der Waals surface area contributed by atoms with Gasteiger partial charge in [0, 0.05) is 17.2 Å². The molecule has 134 valence electrons. The van der Waals surface area contributed by atoms with E-state index in [2.05, 4.69) is 0 Å². The van der Waals surface area contributed by atoms with Crippen LogP contribution in [0.1, 0.15) is 37.7 Å². The van der Waals surface area contributed by atoms with Gasteiger partial charge < -0.3 is 10.8 Å². The third-order valence-corrected chi connectivity index (χ3v) is 4.66. The number of carboxylic acid groups (broad SMARTS) is 1. The van der Waals surface area contributed by atoms with E-state index in [-0.39, 0.29) is 23.4 Å². The van der Waals surface area contributed by atoms with Gasteiger partial charge in [0.05, 0.1) is 18.1 Å². The summed E-state index contributed by atoms with van der Waals surface area (Å²) in [4.78, 5) is 23.3. The molecule has 0 bridgehead atoms. The Balaban J connectivity index is 2.44. The van der Waals surface area contributed by atoms with Gasteiger partial charge in [0.15, 0.2) is 0 Å². The summed E-state index contributed by atoms with van der Waals surface area (Å²) in [6.45, 7) is 0. The first-order chi connectivity index (χ1) is 12.0. The van der Waals surface area contributed by atoms with E-state index in [1.54, 1.807) is 29.7 Å². The maximum absolute atomic E-state index is 11.7. The Morgan fingerprint density at radius 1 is 1.16 bits per heavy atom. The number of aliphatic carboxylic acids is 1. The number of allylic oxidation sites excluding steroid dienone is 1. The minimum atomic E-state index is -0.912. The van der Waals surface area contributed by atoms with Crippen molar-refractivity contribution in [2.45, 2.75) is 32.1 Å². The Labute approximate surface area is 146 Å². The lowest BCUT2D eigenvalue weighted by molar-refractivity contribution is -0.144. The first-order valence-corrected chi connectivity index (χ1v) is 8.24. The molecule has 25 heavy (non-hydrogen) atoms. The first kappa shape index (κ1) is 18.7. The lowest BCUT2D eigenvalue weighted by Crippen LogP contribution is -2.33. The smallest absolute Gasteiger partial charge is 0.307 e. The summed E-state index contributed by atoms with van der Waals surface area (Å²) in [6, 6.07) is 8.80. The largest absolute Gasteiger partial charge is 0.481 e. The molecule has 1 aromatic rings. The SMILES string of the molecule is N=C(/C(CC(=O)NO)=C(\N)[C@@H]1CCCC[C@@H]1C(=O)O)c1ccccc1. The van der Waals surface area contributed by atoms with Gasteiger partial charge in [-0.3, -0.25) is 20.2 Å². The van der Waals surface area contributed by atoms with Crippen molar-refractivity contribution in [3.8, 4) is 0 Å². The van der Waals surface area contributed by atoms with Gasteiger partial charge in [-0.2, -0.15) is 0 Å². The van der Waals surface area contributed by atoms with Crippen LogP contribution in [0.15, 0.2) is 41.6 Å². The number of hydroxylamine groups is 1. The minimum Gasteiger partial charge on any atom is -0.481 e. The fraction of sp³-hybridized carbons (Fsp3) is 0.389. The number of carboxylic acids is 1. The second kappa shape index (κ2) is 8.43. The highest BCUT2D eigenvalue weighted by molar-refractivity contribution is 6.13. The van der Waals surface area contributed by atoms with E-state index in [1.807, 2.05) is 6.07 Å². The van der Waals surface area contributed by atoms with Crippen LogP contribution < -0.4 is 11.2 Å². The molecule has 0 unspecified atom stereocenters. The van der Waals surface area contributed by atoms with Crippen molar-refractivity contribution in [1.82, 2.24) is 5.48 Å². The number of nitrogens with two attached hydrogens (primary N) is 1. The van der Waals surface area contributed by atoms with E-state index in [0.29, 0.717) is 18.4 Å². The highest BCUT2D eigenvalue weighted by Crippen LogP contribution is 2.35. The highest BCUT2D eigenvalue weighted by Gasteiger charge is 2.34. The molecule has 1 aliphatic carbocycles. The molecule has 0 radical (unpaired) electrons. The molecule has 1 aliphatic rings. The summed E-state index contributed by atoms with van der Waals surface area (Å²) in [5.74, 6) is -2.65. The van der Waals surface area contributed by atoms with Crippen molar-refractivity contribution in [3.63, 3.8) is 0 Å². The van der Waals surface area contributed by atoms with Gasteiger partial charge in [-0.25, -0.2) is 5.48 Å². The van der Waals surface area contributed by atoms with Crippen LogP contribution in [0.5, 0.6) is 0 Å². The van der Waals surface area contributed by atoms with Crippen LogP contribution in [0, 0.1) is 17.2 Å². The van der Waals surface area contributed by atoms with Crippen LogP contribution in [-0.2, 0) is 9.59 Å². The Morgan fingerprint density at radius 2 is 1.76 bits per heavy atom. The molecule has 6 N–H and O–H groups in total. The van der Waals surface area contributed by atoms with E-state index in [1.165, 1.54) is 0 Å². The van der Waals surface area contributed by atoms with Crippen molar-refractivity contribution in [1.29, 1.82) is 5.41 Å². The summed E-state index contributed by atoms with van der Waals surface area (Å²) in [5.41, 5.74) is 8.99. The molecular formula is C18H23N3O4. The van der Waals surface area contributed by atoms with Gasteiger partial charge in [0.2, 0.25) is 5.91 Å². The normalized spacial score (nSPS) is 21.2. The molecule has 2 atom stereocenters. The van der Waals surface area contributed by atoms with Crippen LogP contribution in [0.3, 0.4) is 0 Å². The van der Waals surface area contributed by atoms with Crippen LogP contribution in [0.2, 0.25) is 0 Å². The summed E-state index contributed by atoms with van der Waals surface area (Å²) < 4.78 is 0. The van der Waals surface area contributed by atoms with Crippen molar-refractivity contribution < 1.29 is 19.9 Å². The molecular weight excluding hydrogens is 322 g/mol. The van der Waals surface area contributed by atoms with Gasteiger partial charge in [0.1, 0.15) is 0 Å². The predicted octanol–water partition coefficient (Wildman–Crippen LogP) is 2.05. The van der Waals surface area contributed by atoms with Crippen molar-refractivity contribution in [3.05, 3.63) is 47.2 Å². The Bertz CT molecular complexity index is 685. The molecule has 2 rings (SSSR count). The van der Waals surface area contributed by atoms with Crippen LogP contribution >= 0.6 is 0 Å². The second-order valence-electron chi connectivity index (χ2n) is 6.22. The zero-order valence-corrected chi connectivity index (χ0v) is 13.9. The monoisotopic (exact) mass is 345 g/mol. The summed E-state index contributed by atoms with van der Waals surface area (Å²) in [7, 11) is 0. The van der Waals surface area contributed by atoms with Gasteiger partial charge >= 0.3 is 5.97 Å². The molecule has 1 saturated carbocycles. The maximum Gasteiger partial charge on any atom is 0.307 e. The lowest BCUT2D eigenvalue weighted by Gasteiger charge is -2.30. The second-order valence-corrected chi connectivity index (χ2v) is 6.22. The van der Waals surface area contributed by atoms with Crippen molar-refractivity contribution >= 4 is 17.6 Å². The number of hydrogen-bond donors (Lipinski definition) is 5. The first-order valence-electron chi connectivity index (χ1n) is 8.24. The standard InChI is InChI=1S/C18H23N3O4/c19-16(11-6-2-1-3-7-11)14(10-15(22)21-25)17(20)12-8-4-5-9-13(12)18(23)24/h1-3,6-7,12-13,19,25H,4-5,8-10,20H2,(H,21,22)(H,23,24)/b17-14-,19-16?/t12-,13+/m1/s1. The number of carbonyl (C=O) groups excluding carboxylic acids is 1. The van der Waals surface area contributed by atoms with E-state index in [0.717, 1.165) is 12.8 Å². The van der Waals surface area contributed by atoms with Crippen molar-refractivity contribution in [2.75, 3.05) is 0 Å². The Hall–Kier alpha value is -2.67. The third kappa shape index (κ3) is 4.45. The Kier molecular flexibility index (Phi) is 6.30. The molecule has 0 saturated heterocycles. The van der Waals surface area contributed by atoms with Gasteiger partial charge in [-0.05, 0) is 18.4 Å². The number of nitrogens with one attached hydrogen (secondary N) is 2. The van der Waals surface area contributed by atoms with Crippen LogP contribution in [-0.4, -0.2) is 27.9 Å². The van der Waals surface area contributed by atoms with Crippen LogP contribution in [0.4, 0.5) is 0 Å². The van der Waals surface area contributed by atoms with Gasteiger partial charge in [-0.15, -0.1) is 0 Å². The maximum atomic E-state index is 11.7. The molecule has 1 aromatic carbocycles. The molecule has 7 nitrogen and oxygen atoms in total. The fourth-order valence-corrected chi connectivity index (χ4v) is 3.34. The zero-order valence-electron chi connectivity index (χ0n) is 13.9. The number of rotatable bonds is 6. The number of benzene rings is 1. The topological polar surface area (TPSA) is 136 Å². The zero-order chi connectivity index (χ0) is 18.4. The average molecular weight is 345 g/mol. The summed E-state index contributed by atoms with van der Waals surface area (Å²) >= 11 is 0. The Morgan fingerprint density at radius 3 is 2.32 bits per heavy atom. The third-order valence-electron chi connectivity index (χ3n) is 4.66.